The molecule has 3 fully saturated rings. The van der Waals surface area contributed by atoms with Crippen molar-refractivity contribution in [3.05, 3.63) is 45.1 Å². The van der Waals surface area contributed by atoms with Gasteiger partial charge < -0.3 is 15.3 Å². The Balaban J connectivity index is 0.00000308. The molecule has 0 aliphatic heterocycles. The molecule has 2 aromatic heterocycles. The molecule has 1 aromatic carbocycles. The lowest BCUT2D eigenvalue weighted by atomic mass is 9.85. The Kier molecular flexibility index (Phi) is 8.30. The molecule has 0 saturated heterocycles. The monoisotopic (exact) mass is 588 g/mol. The highest BCUT2D eigenvalue weighted by Gasteiger charge is 2.33. The number of rotatable bonds is 8. The molecular weight excluding hydrogens is 555 g/mol. The first-order chi connectivity index (χ1) is 18.3. The number of phenolic OH excluding ortho intramolecular Hbond substituents is 1. The molecule has 208 valence electrons. The molecule has 3 aromatic rings. The number of aldehydes is 1. The second-order valence-electron chi connectivity index (χ2n) is 11.7. The molecule has 0 radical (unpaired) electrons. The topological polar surface area (TPSA) is 78.4 Å². The molecule has 6 rings (SSSR count). The summed E-state index contributed by atoms with van der Waals surface area (Å²) in [6.45, 7) is 1.11. The summed E-state index contributed by atoms with van der Waals surface area (Å²) in [5.41, 5.74) is 6.59. The van der Waals surface area contributed by atoms with Crippen LogP contribution in [-0.4, -0.2) is 52.9 Å². The van der Waals surface area contributed by atoms with Crippen molar-refractivity contribution in [3.8, 4) is 17.0 Å². The fraction of sp³-hybridized carbons (Fsp3) is 0.500. The highest BCUT2D eigenvalue weighted by molar-refractivity contribution is 6.37. The number of hydrogen-bond donors (Lipinski definition) is 2. The number of fused-ring (bicyclic) bond motifs is 1. The average molecular weight is 590 g/mol. The van der Waals surface area contributed by atoms with Gasteiger partial charge in [0.2, 0.25) is 0 Å². The van der Waals surface area contributed by atoms with Gasteiger partial charge in [-0.2, -0.15) is 0 Å². The van der Waals surface area contributed by atoms with Crippen LogP contribution in [0.2, 0.25) is 10.0 Å². The number of carbonyl (C=O) groups excluding carboxylic acids is 1. The van der Waals surface area contributed by atoms with Crippen LogP contribution in [0.3, 0.4) is 0 Å². The van der Waals surface area contributed by atoms with E-state index < -0.39 is 0 Å². The summed E-state index contributed by atoms with van der Waals surface area (Å²) in [7, 11) is 4.27. The van der Waals surface area contributed by atoms with E-state index in [0.717, 1.165) is 85.1 Å². The fourth-order valence-corrected chi connectivity index (χ4v) is 6.50. The lowest BCUT2D eigenvalue weighted by Crippen LogP contribution is -2.31. The number of carbonyl (C=O) groups is 1. The molecule has 3 aliphatic carbocycles. The number of nitrogens with one attached hydrogen (secondary N) is 1. The highest BCUT2D eigenvalue weighted by Crippen LogP contribution is 2.48. The third-order valence-corrected chi connectivity index (χ3v) is 8.84. The Bertz CT molecular complexity index is 1370. The summed E-state index contributed by atoms with van der Waals surface area (Å²) in [5, 5.41) is 14.3. The standard InChI is InChI=1S/C30H34Cl2N4O2.ClH/c1-36(2)14-16-3-9-20(10-4-16)33-28-22(15-37)26(18-7-8-18)34-25-13-21(17-5-6-17)27(35-29(25)28)19-11-23(31)30(38)24(32)12-19;/h11-13,15-18,20,38H,3-10,14H2,1-2H3,(H,33,34);1H. The van der Waals surface area contributed by atoms with Gasteiger partial charge >= 0.3 is 0 Å². The van der Waals surface area contributed by atoms with Gasteiger partial charge in [0.05, 0.1) is 38.2 Å². The molecule has 3 aliphatic rings. The first kappa shape index (κ1) is 28.4. The van der Waals surface area contributed by atoms with E-state index in [9.17, 15) is 9.90 Å². The van der Waals surface area contributed by atoms with E-state index in [4.69, 9.17) is 33.2 Å². The van der Waals surface area contributed by atoms with E-state index in [-0.39, 0.29) is 34.2 Å². The summed E-state index contributed by atoms with van der Waals surface area (Å²) >= 11 is 12.6. The molecule has 0 amide bonds. The van der Waals surface area contributed by atoms with Crippen LogP contribution in [0.4, 0.5) is 5.69 Å². The van der Waals surface area contributed by atoms with Gasteiger partial charge in [-0.15, -0.1) is 12.4 Å². The highest BCUT2D eigenvalue weighted by atomic mass is 35.5. The van der Waals surface area contributed by atoms with Crippen molar-refractivity contribution in [2.45, 2.75) is 69.2 Å². The summed E-state index contributed by atoms with van der Waals surface area (Å²) in [6, 6.07) is 5.88. The minimum absolute atomic E-state index is 0. The maximum Gasteiger partial charge on any atom is 0.154 e. The first-order valence-corrected chi connectivity index (χ1v) is 14.5. The number of hydrogen-bond acceptors (Lipinski definition) is 6. The zero-order valence-corrected chi connectivity index (χ0v) is 24.7. The number of pyridine rings is 2. The third kappa shape index (κ3) is 5.85. The largest absolute Gasteiger partial charge is 0.505 e. The first-order valence-electron chi connectivity index (χ1n) is 13.8. The number of anilines is 1. The van der Waals surface area contributed by atoms with Crippen molar-refractivity contribution in [1.29, 1.82) is 0 Å². The number of benzene rings is 1. The van der Waals surface area contributed by atoms with E-state index >= 15 is 0 Å². The van der Waals surface area contributed by atoms with Crippen LogP contribution in [0.5, 0.6) is 5.75 Å². The molecule has 0 bridgehead atoms. The third-order valence-electron chi connectivity index (χ3n) is 8.26. The molecule has 0 atom stereocenters. The maximum absolute atomic E-state index is 12.5. The predicted octanol–water partition coefficient (Wildman–Crippen LogP) is 7.83. The summed E-state index contributed by atoms with van der Waals surface area (Å²) in [6.07, 6.45) is 9.76. The lowest BCUT2D eigenvalue weighted by Gasteiger charge is -2.32. The SMILES string of the molecule is CN(C)CC1CCC(Nc2c(C=O)c(C3CC3)nc3cc(C4CC4)c(-c4cc(Cl)c(O)c(Cl)c4)nc23)CC1.Cl. The van der Waals surface area contributed by atoms with E-state index in [2.05, 4.69) is 30.4 Å². The molecule has 2 N–H and O–H groups in total. The Hall–Kier alpha value is -2.12. The van der Waals surface area contributed by atoms with Crippen molar-refractivity contribution < 1.29 is 9.90 Å². The van der Waals surface area contributed by atoms with Gasteiger partial charge in [-0.1, -0.05) is 23.2 Å². The van der Waals surface area contributed by atoms with Gasteiger partial charge in [-0.25, -0.2) is 9.97 Å². The number of halogens is 3. The number of nitrogens with zero attached hydrogens (tertiary/aromatic N) is 3. The van der Waals surface area contributed by atoms with Crippen LogP contribution in [-0.2, 0) is 0 Å². The van der Waals surface area contributed by atoms with Gasteiger partial charge in [0.15, 0.2) is 12.0 Å². The summed E-state index contributed by atoms with van der Waals surface area (Å²) in [5.74, 6) is 1.33. The smallest absolute Gasteiger partial charge is 0.154 e. The number of aromatic hydroxyl groups is 1. The van der Waals surface area contributed by atoms with E-state index in [1.165, 1.54) is 12.8 Å². The minimum Gasteiger partial charge on any atom is -0.505 e. The van der Waals surface area contributed by atoms with Crippen molar-refractivity contribution >= 4 is 58.6 Å². The Labute approximate surface area is 245 Å². The second-order valence-corrected chi connectivity index (χ2v) is 12.5. The van der Waals surface area contributed by atoms with Crippen LogP contribution in [0.1, 0.15) is 84.8 Å². The molecule has 3 saturated carbocycles. The molecular formula is C30H35Cl3N4O2. The lowest BCUT2D eigenvalue weighted by molar-refractivity contribution is 0.112. The van der Waals surface area contributed by atoms with Gasteiger partial charge in [-0.05, 0) is 101 Å². The molecule has 6 nitrogen and oxygen atoms in total. The van der Waals surface area contributed by atoms with E-state index in [1.54, 1.807) is 12.1 Å². The van der Waals surface area contributed by atoms with Crippen molar-refractivity contribution in [1.82, 2.24) is 14.9 Å². The Morgan fingerprint density at radius 1 is 0.974 bits per heavy atom. The van der Waals surface area contributed by atoms with Gasteiger partial charge in [0.1, 0.15) is 5.52 Å². The Morgan fingerprint density at radius 3 is 2.18 bits per heavy atom. The molecule has 2 heterocycles. The van der Waals surface area contributed by atoms with E-state index in [1.807, 2.05) is 0 Å². The van der Waals surface area contributed by atoms with Gasteiger partial charge in [-0.3, -0.25) is 4.79 Å². The zero-order valence-electron chi connectivity index (χ0n) is 22.3. The quantitative estimate of drug-likeness (QED) is 0.261. The summed E-state index contributed by atoms with van der Waals surface area (Å²) < 4.78 is 0. The van der Waals surface area contributed by atoms with Crippen molar-refractivity contribution in [2.24, 2.45) is 5.92 Å². The van der Waals surface area contributed by atoms with Crippen LogP contribution in [0, 0.1) is 5.92 Å². The average Bonchev–Trinajstić information content (AvgIpc) is 3.80. The zero-order chi connectivity index (χ0) is 26.6. The Morgan fingerprint density at radius 2 is 1.62 bits per heavy atom. The number of phenols is 1. The van der Waals surface area contributed by atoms with Crippen LogP contribution in [0.25, 0.3) is 22.3 Å². The van der Waals surface area contributed by atoms with E-state index in [0.29, 0.717) is 28.8 Å². The van der Waals surface area contributed by atoms with Crippen LogP contribution < -0.4 is 5.32 Å². The second kappa shape index (κ2) is 11.4. The maximum atomic E-state index is 12.5. The normalized spacial score (nSPS) is 21.2. The molecule has 0 unspecified atom stereocenters. The minimum atomic E-state index is -0.128. The van der Waals surface area contributed by atoms with Crippen LogP contribution in [0.15, 0.2) is 18.2 Å². The van der Waals surface area contributed by atoms with Gasteiger partial charge in [0, 0.05) is 24.1 Å². The molecule has 0 spiro atoms. The number of aromatic nitrogens is 2. The van der Waals surface area contributed by atoms with Crippen molar-refractivity contribution in [2.75, 3.05) is 26.0 Å². The van der Waals surface area contributed by atoms with Crippen molar-refractivity contribution in [3.63, 3.8) is 0 Å². The summed E-state index contributed by atoms with van der Waals surface area (Å²) in [4.78, 5) is 25.0. The van der Waals surface area contributed by atoms with Gasteiger partial charge in [0.25, 0.3) is 0 Å². The molecule has 9 heteroatoms. The predicted molar refractivity (Wildman–Crippen MR) is 161 cm³/mol. The molecule has 39 heavy (non-hydrogen) atoms. The van der Waals surface area contributed by atoms with Crippen LogP contribution >= 0.6 is 35.6 Å². The fourth-order valence-electron chi connectivity index (χ4n) is 6.01.